The summed E-state index contributed by atoms with van der Waals surface area (Å²) in [4.78, 5) is 21.3. The molecule has 0 atom stereocenters. The fourth-order valence-corrected chi connectivity index (χ4v) is 4.96. The number of carbonyl (C=O) groups is 2. The smallest absolute Gasteiger partial charge is 0.331 e. The molecule has 4 rings (SSSR count). The van der Waals surface area contributed by atoms with Gasteiger partial charge >= 0.3 is 5.97 Å². The van der Waals surface area contributed by atoms with Crippen LogP contribution in [0, 0.1) is 0 Å². The summed E-state index contributed by atoms with van der Waals surface area (Å²) in [6.07, 6.45) is 0.998. The summed E-state index contributed by atoms with van der Waals surface area (Å²) < 4.78 is 29.0. The Labute approximate surface area is 345 Å². The molecule has 0 aliphatic carbocycles. The van der Waals surface area contributed by atoms with E-state index in [0.29, 0.717) is 0 Å². The Kier molecular flexibility index (Phi) is 17.7. The normalized spacial score (nSPS) is 11.6. The lowest BCUT2D eigenvalue weighted by molar-refractivity contribution is -0.141. The van der Waals surface area contributed by atoms with Crippen LogP contribution in [0.4, 0.5) is 0 Å². The second kappa shape index (κ2) is 20.9. The molecular weight excluding hydrogens is 740 g/mol. The highest BCUT2D eigenvalue weighted by Crippen LogP contribution is 2.31. The van der Waals surface area contributed by atoms with Gasteiger partial charge in [0.2, 0.25) is 5.24 Å². The Morgan fingerprint density at radius 3 is 0.912 bits per heavy atom. The monoisotopic (exact) mass is 800 g/mol. The number of carbonyl (C=O) groups excluding carboxylic acids is 2. The molecule has 0 fully saturated rings. The van der Waals surface area contributed by atoms with Gasteiger partial charge < -0.3 is 28.8 Å². The van der Waals surface area contributed by atoms with Crippen molar-refractivity contribution in [3.05, 3.63) is 145 Å². The third-order valence-electron chi connectivity index (χ3n) is 7.01. The highest BCUT2D eigenvalue weighted by Gasteiger charge is 2.21. The van der Waals surface area contributed by atoms with Crippen LogP contribution < -0.4 is 18.9 Å². The lowest BCUT2D eigenvalue weighted by Gasteiger charge is -2.23. The topological polar surface area (TPSA) is 101 Å². The molecule has 0 aliphatic rings. The first-order valence-electron chi connectivity index (χ1n) is 18.8. The molecular formula is C48H61ClO8. The molecule has 4 aromatic rings. The van der Waals surface area contributed by atoms with Gasteiger partial charge in [-0.15, -0.1) is 0 Å². The fraction of sp³-hybridized carbons (Fsp3) is 0.375. The molecule has 0 aliphatic heterocycles. The van der Waals surface area contributed by atoms with E-state index < -0.39 is 23.4 Å². The molecule has 0 bridgehead atoms. The van der Waals surface area contributed by atoms with E-state index in [4.69, 9.17) is 35.3 Å². The number of allylic oxidation sites excluding steroid dienone is 1. The third kappa shape index (κ3) is 19.6. The maximum Gasteiger partial charge on any atom is 0.331 e. The SMILES string of the molecule is C=CC(=O)Cl.C=CC(=O)OC(c1ccc(OC(C)(C)C)cc1)c1ccc(OC(C)(C)C)cc1.CC(C)(C)Oc1ccc(C(O)c2ccc(OC(C)(C)C)cc2)cc1. The lowest BCUT2D eigenvalue weighted by atomic mass is 10.0. The van der Waals surface area contributed by atoms with E-state index in [1.807, 2.05) is 180 Å². The predicted octanol–water partition coefficient (Wildman–Crippen LogP) is 11.9. The molecule has 0 aromatic heterocycles. The molecule has 57 heavy (non-hydrogen) atoms. The van der Waals surface area contributed by atoms with Crippen LogP contribution >= 0.6 is 11.6 Å². The number of benzene rings is 4. The van der Waals surface area contributed by atoms with Gasteiger partial charge in [0.1, 0.15) is 51.5 Å². The van der Waals surface area contributed by atoms with Crippen molar-refractivity contribution >= 4 is 22.8 Å². The molecule has 8 nitrogen and oxygen atoms in total. The first kappa shape index (κ1) is 48.1. The highest BCUT2D eigenvalue weighted by molar-refractivity contribution is 6.66. The van der Waals surface area contributed by atoms with Gasteiger partial charge in [-0.3, -0.25) is 4.79 Å². The zero-order valence-corrected chi connectivity index (χ0v) is 36.4. The zero-order valence-electron chi connectivity index (χ0n) is 35.6. The van der Waals surface area contributed by atoms with E-state index in [9.17, 15) is 14.7 Å². The van der Waals surface area contributed by atoms with Gasteiger partial charge in [-0.25, -0.2) is 4.79 Å². The van der Waals surface area contributed by atoms with Crippen molar-refractivity contribution in [2.75, 3.05) is 0 Å². The number of hydrogen-bond acceptors (Lipinski definition) is 8. The van der Waals surface area contributed by atoms with Crippen molar-refractivity contribution in [2.45, 2.75) is 118 Å². The summed E-state index contributed by atoms with van der Waals surface area (Å²) in [7, 11) is 0. The van der Waals surface area contributed by atoms with E-state index in [0.717, 1.165) is 51.3 Å². The van der Waals surface area contributed by atoms with Gasteiger partial charge in [0, 0.05) is 6.08 Å². The quantitative estimate of drug-likeness (QED) is 0.0909. The molecule has 0 radical (unpaired) electrons. The van der Waals surface area contributed by atoms with Crippen molar-refractivity contribution in [3.63, 3.8) is 0 Å². The highest BCUT2D eigenvalue weighted by atomic mass is 35.5. The average molecular weight is 801 g/mol. The molecule has 0 unspecified atom stereocenters. The van der Waals surface area contributed by atoms with Crippen LogP contribution in [0.2, 0.25) is 0 Å². The largest absolute Gasteiger partial charge is 0.488 e. The van der Waals surface area contributed by atoms with Crippen LogP contribution in [0.25, 0.3) is 0 Å². The molecule has 0 saturated heterocycles. The van der Waals surface area contributed by atoms with Crippen LogP contribution in [-0.4, -0.2) is 38.7 Å². The molecule has 1 N–H and O–H groups in total. The number of rotatable bonds is 11. The van der Waals surface area contributed by atoms with E-state index in [-0.39, 0.29) is 22.4 Å². The van der Waals surface area contributed by atoms with E-state index in [2.05, 4.69) is 13.2 Å². The molecule has 4 aromatic carbocycles. The van der Waals surface area contributed by atoms with E-state index >= 15 is 0 Å². The Morgan fingerprint density at radius 1 is 0.491 bits per heavy atom. The summed E-state index contributed by atoms with van der Waals surface area (Å²) in [6, 6.07) is 30.3. The Morgan fingerprint density at radius 2 is 0.719 bits per heavy atom. The first-order valence-corrected chi connectivity index (χ1v) is 19.1. The molecule has 308 valence electrons. The van der Waals surface area contributed by atoms with Crippen molar-refractivity contribution < 1.29 is 38.4 Å². The number of esters is 1. The van der Waals surface area contributed by atoms with Crippen molar-refractivity contribution in [1.82, 2.24) is 0 Å². The first-order chi connectivity index (χ1) is 26.3. The molecule has 9 heteroatoms. The van der Waals surface area contributed by atoms with Crippen LogP contribution in [0.3, 0.4) is 0 Å². The van der Waals surface area contributed by atoms with E-state index in [1.54, 1.807) is 0 Å². The van der Waals surface area contributed by atoms with Gasteiger partial charge in [-0.1, -0.05) is 61.7 Å². The minimum atomic E-state index is -0.669. The van der Waals surface area contributed by atoms with E-state index in [1.165, 1.54) is 6.08 Å². The van der Waals surface area contributed by atoms with Crippen molar-refractivity contribution in [1.29, 1.82) is 0 Å². The van der Waals surface area contributed by atoms with Crippen LogP contribution in [-0.2, 0) is 14.3 Å². The number of aliphatic hydroxyl groups is 1. The summed E-state index contributed by atoms with van der Waals surface area (Å²) >= 11 is 4.71. The molecule has 0 spiro atoms. The maximum absolute atomic E-state index is 11.9. The summed E-state index contributed by atoms with van der Waals surface area (Å²) in [5.41, 5.74) is 2.34. The average Bonchev–Trinajstić information content (AvgIpc) is 3.09. The van der Waals surface area contributed by atoms with Crippen LogP contribution in [0.1, 0.15) is 118 Å². The standard InChI is InChI=1S/C24H30O4.C21H28O3.C3H3ClO/c1-8-21(25)26-22(17-9-13-19(14-10-17)27-23(2,3)4)18-11-15-20(16-12-18)28-24(5,6)7;1-20(2,3)23-17-11-7-15(8-12-17)19(22)16-9-13-18(14-10-16)24-21(4,5)6;1-2-3(4)5/h8-16,22H,1H2,2-7H3;7-14,19,22H,1-6H3;2H,1H2. The summed E-state index contributed by atoms with van der Waals surface area (Å²) in [5.74, 6) is 2.65. The lowest BCUT2D eigenvalue weighted by Crippen LogP contribution is -2.23. The fourth-order valence-electron chi connectivity index (χ4n) is 4.96. The summed E-state index contributed by atoms with van der Waals surface area (Å²) in [6.45, 7) is 30.6. The number of aliphatic hydroxyl groups excluding tert-OH is 1. The molecule has 0 amide bonds. The van der Waals surface area contributed by atoms with Crippen molar-refractivity contribution in [2.24, 2.45) is 0 Å². The Hall–Kier alpha value is -5.05. The van der Waals surface area contributed by atoms with Gasteiger partial charge in [-0.05, 0) is 172 Å². The minimum Gasteiger partial charge on any atom is -0.488 e. The summed E-state index contributed by atoms with van der Waals surface area (Å²) in [5, 5.41) is 10.0. The number of hydrogen-bond donors (Lipinski definition) is 1. The van der Waals surface area contributed by atoms with Crippen LogP contribution in [0.15, 0.2) is 122 Å². The number of ether oxygens (including phenoxy) is 5. The zero-order chi connectivity index (χ0) is 43.2. The minimum absolute atomic E-state index is 0.233. The number of halogens is 1. The van der Waals surface area contributed by atoms with Crippen molar-refractivity contribution in [3.8, 4) is 23.0 Å². The second-order valence-corrected chi connectivity index (χ2v) is 17.4. The molecule has 0 heterocycles. The van der Waals surface area contributed by atoms with Gasteiger partial charge in [0.25, 0.3) is 0 Å². The Balaban J connectivity index is 0.000000355. The second-order valence-electron chi connectivity index (χ2n) is 17.1. The molecule has 0 saturated carbocycles. The van der Waals surface area contributed by atoms with Gasteiger partial charge in [0.15, 0.2) is 6.10 Å². The van der Waals surface area contributed by atoms with Gasteiger partial charge in [-0.2, -0.15) is 0 Å². The van der Waals surface area contributed by atoms with Crippen LogP contribution in [0.5, 0.6) is 23.0 Å². The van der Waals surface area contributed by atoms with Gasteiger partial charge in [0.05, 0.1) is 0 Å². The predicted molar refractivity (Wildman–Crippen MR) is 231 cm³/mol. The maximum atomic E-state index is 11.9. The Bertz CT molecular complexity index is 1730. The third-order valence-corrected chi connectivity index (χ3v) is 7.17.